The van der Waals surface area contributed by atoms with Crippen molar-refractivity contribution in [2.45, 2.75) is 45.7 Å². The van der Waals surface area contributed by atoms with E-state index in [9.17, 15) is 0 Å². The molecular formula is C15H28N2O. The Morgan fingerprint density at radius 2 is 1.94 bits per heavy atom. The summed E-state index contributed by atoms with van der Waals surface area (Å²) in [5, 5.41) is 3.61. The second kappa shape index (κ2) is 7.59. The van der Waals surface area contributed by atoms with Gasteiger partial charge in [0.15, 0.2) is 0 Å². The second-order valence-corrected chi connectivity index (χ2v) is 5.78. The fraction of sp³-hybridized carbons (Fsp3) is 0.733. The van der Waals surface area contributed by atoms with Crippen LogP contribution in [-0.2, 0) is 0 Å². The van der Waals surface area contributed by atoms with Crippen molar-refractivity contribution in [3.05, 3.63) is 24.2 Å². The number of rotatable bonds is 8. The summed E-state index contributed by atoms with van der Waals surface area (Å²) in [6.07, 6.45) is 4.26. The summed E-state index contributed by atoms with van der Waals surface area (Å²) in [6.45, 7) is 7.74. The van der Waals surface area contributed by atoms with Crippen molar-refractivity contribution in [2.75, 3.05) is 20.6 Å². The number of likely N-dealkylation sites (N-methyl/N-ethyl adjacent to an activating group) is 1. The molecule has 1 N–H and O–H groups in total. The molecule has 0 saturated carbocycles. The predicted octanol–water partition coefficient (Wildman–Crippen LogP) is 3.30. The molecule has 1 aromatic rings. The van der Waals surface area contributed by atoms with E-state index in [0.717, 1.165) is 18.2 Å². The molecule has 0 bridgehead atoms. The fourth-order valence-corrected chi connectivity index (χ4v) is 2.02. The minimum absolute atomic E-state index is 0.307. The third-order valence-electron chi connectivity index (χ3n) is 3.33. The molecule has 2 atom stereocenters. The highest BCUT2D eigenvalue weighted by molar-refractivity contribution is 5.05. The van der Waals surface area contributed by atoms with Crippen LogP contribution in [0.3, 0.4) is 0 Å². The molecule has 0 saturated heterocycles. The SMILES string of the molecule is CC(C)CCC(C)NCC(c1ccco1)N(C)C. The molecule has 0 aliphatic rings. The highest BCUT2D eigenvalue weighted by Crippen LogP contribution is 2.18. The van der Waals surface area contributed by atoms with Gasteiger partial charge in [-0.05, 0) is 51.9 Å². The molecule has 104 valence electrons. The van der Waals surface area contributed by atoms with Gasteiger partial charge in [0.1, 0.15) is 5.76 Å². The van der Waals surface area contributed by atoms with Gasteiger partial charge in [-0.15, -0.1) is 0 Å². The average Bonchev–Trinajstić information content (AvgIpc) is 2.79. The number of hydrogen-bond acceptors (Lipinski definition) is 3. The first-order chi connectivity index (χ1) is 8.50. The Bertz CT molecular complexity index is 306. The smallest absolute Gasteiger partial charge is 0.122 e. The van der Waals surface area contributed by atoms with Crippen LogP contribution in [-0.4, -0.2) is 31.6 Å². The van der Waals surface area contributed by atoms with E-state index in [1.807, 2.05) is 12.1 Å². The number of furan rings is 1. The van der Waals surface area contributed by atoms with Crippen LogP contribution in [0.5, 0.6) is 0 Å². The minimum atomic E-state index is 0.307. The Morgan fingerprint density at radius 1 is 1.22 bits per heavy atom. The molecule has 1 heterocycles. The van der Waals surface area contributed by atoms with Gasteiger partial charge >= 0.3 is 0 Å². The van der Waals surface area contributed by atoms with Crippen molar-refractivity contribution in [2.24, 2.45) is 5.92 Å². The molecule has 2 unspecified atom stereocenters. The zero-order valence-corrected chi connectivity index (χ0v) is 12.4. The highest BCUT2D eigenvalue weighted by Gasteiger charge is 2.17. The van der Waals surface area contributed by atoms with E-state index in [2.05, 4.69) is 45.1 Å². The van der Waals surface area contributed by atoms with Crippen molar-refractivity contribution in [1.29, 1.82) is 0 Å². The molecule has 0 spiro atoms. The molecule has 0 radical (unpaired) electrons. The molecule has 1 rings (SSSR count). The van der Waals surface area contributed by atoms with E-state index in [4.69, 9.17) is 4.42 Å². The van der Waals surface area contributed by atoms with Crippen LogP contribution in [0, 0.1) is 5.92 Å². The van der Waals surface area contributed by atoms with E-state index < -0.39 is 0 Å². The van der Waals surface area contributed by atoms with Crippen LogP contribution in [0.1, 0.15) is 45.4 Å². The molecule has 1 aromatic heterocycles. The molecule has 3 heteroatoms. The van der Waals surface area contributed by atoms with Gasteiger partial charge in [-0.25, -0.2) is 0 Å². The van der Waals surface area contributed by atoms with Gasteiger partial charge in [0.2, 0.25) is 0 Å². The van der Waals surface area contributed by atoms with Crippen LogP contribution >= 0.6 is 0 Å². The van der Waals surface area contributed by atoms with Crippen molar-refractivity contribution in [1.82, 2.24) is 10.2 Å². The number of hydrogen-bond donors (Lipinski definition) is 1. The Kier molecular flexibility index (Phi) is 6.44. The Morgan fingerprint density at radius 3 is 2.44 bits per heavy atom. The Hall–Kier alpha value is -0.800. The highest BCUT2D eigenvalue weighted by atomic mass is 16.3. The zero-order chi connectivity index (χ0) is 13.5. The van der Waals surface area contributed by atoms with Crippen molar-refractivity contribution >= 4 is 0 Å². The maximum Gasteiger partial charge on any atom is 0.122 e. The quantitative estimate of drug-likeness (QED) is 0.769. The van der Waals surface area contributed by atoms with Gasteiger partial charge in [-0.2, -0.15) is 0 Å². The summed E-state index contributed by atoms with van der Waals surface area (Å²) >= 11 is 0. The van der Waals surface area contributed by atoms with Crippen molar-refractivity contribution < 1.29 is 4.42 Å². The normalized spacial score (nSPS) is 15.3. The van der Waals surface area contributed by atoms with Crippen molar-refractivity contribution in [3.63, 3.8) is 0 Å². The van der Waals surface area contributed by atoms with Crippen LogP contribution in [0.25, 0.3) is 0 Å². The monoisotopic (exact) mass is 252 g/mol. The third kappa shape index (κ3) is 5.23. The summed E-state index contributed by atoms with van der Waals surface area (Å²) in [5.41, 5.74) is 0. The van der Waals surface area contributed by atoms with E-state index in [-0.39, 0.29) is 0 Å². The van der Waals surface area contributed by atoms with E-state index in [1.165, 1.54) is 12.8 Å². The summed E-state index contributed by atoms with van der Waals surface area (Å²) < 4.78 is 5.51. The lowest BCUT2D eigenvalue weighted by molar-refractivity contribution is 0.242. The first-order valence-electron chi connectivity index (χ1n) is 6.94. The van der Waals surface area contributed by atoms with Gasteiger partial charge in [0, 0.05) is 12.6 Å². The van der Waals surface area contributed by atoms with Crippen LogP contribution in [0.2, 0.25) is 0 Å². The van der Waals surface area contributed by atoms with Gasteiger partial charge in [0.05, 0.1) is 12.3 Å². The van der Waals surface area contributed by atoms with E-state index in [0.29, 0.717) is 12.1 Å². The maximum absolute atomic E-state index is 5.51. The minimum Gasteiger partial charge on any atom is -0.468 e. The molecule has 18 heavy (non-hydrogen) atoms. The third-order valence-corrected chi connectivity index (χ3v) is 3.33. The molecule has 0 aromatic carbocycles. The van der Waals surface area contributed by atoms with Gasteiger partial charge in [0.25, 0.3) is 0 Å². The average molecular weight is 252 g/mol. The largest absolute Gasteiger partial charge is 0.468 e. The predicted molar refractivity (Wildman–Crippen MR) is 76.7 cm³/mol. The number of nitrogens with one attached hydrogen (secondary N) is 1. The lowest BCUT2D eigenvalue weighted by Gasteiger charge is -2.25. The first-order valence-corrected chi connectivity index (χ1v) is 6.94. The van der Waals surface area contributed by atoms with Crippen molar-refractivity contribution in [3.8, 4) is 0 Å². The van der Waals surface area contributed by atoms with Gasteiger partial charge in [-0.3, -0.25) is 4.90 Å². The summed E-state index contributed by atoms with van der Waals surface area (Å²) in [7, 11) is 4.18. The van der Waals surface area contributed by atoms with Gasteiger partial charge in [-0.1, -0.05) is 13.8 Å². The molecule has 0 aliphatic carbocycles. The standard InChI is InChI=1S/C15H28N2O/c1-12(2)8-9-13(3)16-11-14(17(4)5)15-7-6-10-18-15/h6-7,10,12-14,16H,8-9,11H2,1-5H3. The second-order valence-electron chi connectivity index (χ2n) is 5.78. The lowest BCUT2D eigenvalue weighted by Crippen LogP contribution is -2.35. The van der Waals surface area contributed by atoms with Crippen LogP contribution in [0.4, 0.5) is 0 Å². The molecule has 0 aliphatic heterocycles. The molecule has 3 nitrogen and oxygen atoms in total. The van der Waals surface area contributed by atoms with E-state index >= 15 is 0 Å². The van der Waals surface area contributed by atoms with E-state index in [1.54, 1.807) is 6.26 Å². The summed E-state index contributed by atoms with van der Waals surface area (Å²) in [6, 6.07) is 4.87. The fourth-order valence-electron chi connectivity index (χ4n) is 2.02. The number of nitrogens with zero attached hydrogens (tertiary/aromatic N) is 1. The van der Waals surface area contributed by atoms with Crippen LogP contribution in [0.15, 0.2) is 22.8 Å². The lowest BCUT2D eigenvalue weighted by atomic mass is 10.0. The molecule has 0 amide bonds. The Labute approximate surface area is 112 Å². The van der Waals surface area contributed by atoms with Gasteiger partial charge < -0.3 is 9.73 Å². The summed E-state index contributed by atoms with van der Waals surface area (Å²) in [5.74, 6) is 1.81. The first kappa shape index (κ1) is 15.3. The zero-order valence-electron chi connectivity index (χ0n) is 12.4. The topological polar surface area (TPSA) is 28.4 Å². The summed E-state index contributed by atoms with van der Waals surface area (Å²) in [4.78, 5) is 2.20. The maximum atomic E-state index is 5.51. The molecule has 0 fully saturated rings. The molecular weight excluding hydrogens is 224 g/mol. The Balaban J connectivity index is 2.39. The van der Waals surface area contributed by atoms with Crippen LogP contribution < -0.4 is 5.32 Å².